The van der Waals surface area contributed by atoms with Gasteiger partial charge in [0.2, 0.25) is 11.8 Å². The van der Waals surface area contributed by atoms with Crippen LogP contribution in [0.25, 0.3) is 21.5 Å². The highest BCUT2D eigenvalue weighted by atomic mass is 32.1. The Kier molecular flexibility index (Phi) is 9.30. The highest BCUT2D eigenvalue weighted by Crippen LogP contribution is 2.27. The van der Waals surface area contributed by atoms with E-state index < -0.39 is 0 Å². The molecule has 1 N–H and O–H groups in total. The third kappa shape index (κ3) is 7.32. The maximum absolute atomic E-state index is 13.8. The molecule has 0 aliphatic carbocycles. The van der Waals surface area contributed by atoms with Crippen molar-refractivity contribution in [2.75, 3.05) is 39.3 Å². The molecule has 0 fully saturated rings. The maximum Gasteiger partial charge on any atom is 0.264 e. The Hall–Kier alpha value is -4.18. The van der Waals surface area contributed by atoms with Crippen molar-refractivity contribution in [1.29, 1.82) is 0 Å². The van der Waals surface area contributed by atoms with Crippen LogP contribution in [0.4, 0.5) is 0 Å². The number of imidazole rings is 1. The van der Waals surface area contributed by atoms with Crippen molar-refractivity contribution >= 4 is 39.1 Å². The smallest absolute Gasteiger partial charge is 0.264 e. The number of aromatic nitrogens is 2. The summed E-state index contributed by atoms with van der Waals surface area (Å²) in [5, 5.41) is 3.68. The summed E-state index contributed by atoms with van der Waals surface area (Å²) < 4.78 is 9.18. The fraction of sp³-hybridized carbons (Fsp3) is 0.355. The van der Waals surface area contributed by atoms with E-state index in [-0.39, 0.29) is 24.3 Å². The quantitative estimate of drug-likeness (QED) is 0.391. The Morgan fingerprint density at radius 1 is 0.927 bits per heavy atom. The monoisotopic (exact) mass is 573 g/mol. The molecule has 2 bridgehead atoms. The Labute approximate surface area is 243 Å². The molecule has 0 radical (unpaired) electrons. The first kappa shape index (κ1) is 28.4. The van der Waals surface area contributed by atoms with Crippen LogP contribution in [0.15, 0.2) is 67.0 Å². The Balaban J connectivity index is 1.38. The SMILES string of the molecule is CC(=O)NCC(=O)N1CCCCN(C(=O)c2cc3ccccc3s2)CCn2ccnc2-c2cccc(c2)OCCC1. The van der Waals surface area contributed by atoms with Gasteiger partial charge < -0.3 is 24.4 Å². The summed E-state index contributed by atoms with van der Waals surface area (Å²) in [6.45, 7) is 4.59. The van der Waals surface area contributed by atoms with Gasteiger partial charge in [0.25, 0.3) is 5.91 Å². The highest BCUT2D eigenvalue weighted by molar-refractivity contribution is 7.20. The number of hydrogen-bond donors (Lipinski definition) is 1. The molecule has 1 aliphatic heterocycles. The minimum atomic E-state index is -0.234. The lowest BCUT2D eigenvalue weighted by Gasteiger charge is -2.25. The summed E-state index contributed by atoms with van der Waals surface area (Å²) in [6.07, 6.45) is 5.86. The number of nitrogens with one attached hydrogen (secondary N) is 1. The zero-order chi connectivity index (χ0) is 28.6. The van der Waals surface area contributed by atoms with Crippen LogP contribution in [0.2, 0.25) is 0 Å². The topological polar surface area (TPSA) is 96.8 Å². The molecule has 2 aromatic carbocycles. The average molecular weight is 574 g/mol. The molecule has 0 spiro atoms. The lowest BCUT2D eigenvalue weighted by molar-refractivity contribution is -0.132. The van der Waals surface area contributed by atoms with Crippen LogP contribution in [0, 0.1) is 0 Å². The predicted octanol–water partition coefficient (Wildman–Crippen LogP) is 4.43. The van der Waals surface area contributed by atoms with E-state index in [0.717, 1.165) is 44.9 Å². The van der Waals surface area contributed by atoms with Crippen LogP contribution in [0.5, 0.6) is 5.75 Å². The van der Waals surface area contributed by atoms with E-state index in [0.29, 0.717) is 45.8 Å². The number of ether oxygens (including phenoxy) is 1. The Morgan fingerprint density at radius 3 is 2.56 bits per heavy atom. The number of carbonyl (C=O) groups excluding carboxylic acids is 3. The van der Waals surface area contributed by atoms with Gasteiger partial charge in [0, 0.05) is 62.3 Å². The van der Waals surface area contributed by atoms with Crippen molar-refractivity contribution in [3.63, 3.8) is 0 Å². The summed E-state index contributed by atoms with van der Waals surface area (Å²) in [7, 11) is 0. The van der Waals surface area contributed by atoms with Crippen LogP contribution >= 0.6 is 11.3 Å². The molecule has 5 rings (SSSR count). The number of amides is 3. The number of hydrogen-bond acceptors (Lipinski definition) is 6. The predicted molar refractivity (Wildman–Crippen MR) is 160 cm³/mol. The Bertz CT molecular complexity index is 1480. The highest BCUT2D eigenvalue weighted by Gasteiger charge is 2.20. The van der Waals surface area contributed by atoms with E-state index in [2.05, 4.69) is 14.9 Å². The summed E-state index contributed by atoms with van der Waals surface area (Å²) in [6, 6.07) is 17.8. The van der Waals surface area contributed by atoms with E-state index >= 15 is 0 Å². The second kappa shape index (κ2) is 13.5. The number of carbonyl (C=O) groups is 3. The molecule has 0 saturated heterocycles. The maximum atomic E-state index is 13.8. The number of fused-ring (bicyclic) bond motifs is 5. The molecule has 0 saturated carbocycles. The van der Waals surface area contributed by atoms with Crippen molar-refractivity contribution < 1.29 is 19.1 Å². The zero-order valence-electron chi connectivity index (χ0n) is 23.3. The van der Waals surface area contributed by atoms with E-state index in [1.54, 1.807) is 11.1 Å². The standard InChI is InChI=1S/C31H35N5O4S/c1-23(37)33-22-29(38)34-13-4-5-14-36(31(39)28-21-24-8-2-3-11-27(24)41-28)18-17-35-16-12-32-30(35)25-9-6-10-26(20-25)40-19-7-15-34/h2-3,6,8-12,16,20-21H,4-5,7,13-15,17-19,22H2,1H3,(H,33,37). The zero-order valence-corrected chi connectivity index (χ0v) is 24.1. The van der Waals surface area contributed by atoms with Crippen molar-refractivity contribution in [2.45, 2.75) is 32.7 Å². The van der Waals surface area contributed by atoms with Crippen LogP contribution in [0.1, 0.15) is 35.9 Å². The molecule has 214 valence electrons. The molecule has 0 atom stereocenters. The second-order valence-electron chi connectivity index (χ2n) is 10.1. The third-order valence-corrected chi connectivity index (χ3v) is 8.23. The van der Waals surface area contributed by atoms with Crippen LogP contribution in [-0.4, -0.2) is 76.4 Å². The van der Waals surface area contributed by atoms with Crippen LogP contribution < -0.4 is 10.1 Å². The first-order valence-corrected chi connectivity index (χ1v) is 14.8. The van der Waals surface area contributed by atoms with Gasteiger partial charge in [-0.3, -0.25) is 14.4 Å². The first-order chi connectivity index (χ1) is 20.0. The molecular weight excluding hydrogens is 538 g/mol. The molecule has 3 amide bonds. The van der Waals surface area contributed by atoms with Gasteiger partial charge in [0.1, 0.15) is 11.6 Å². The fourth-order valence-corrected chi connectivity index (χ4v) is 6.02. The normalized spacial score (nSPS) is 15.0. The lowest BCUT2D eigenvalue weighted by atomic mass is 10.2. The fourth-order valence-electron chi connectivity index (χ4n) is 4.99. The van der Waals surface area contributed by atoms with Crippen molar-refractivity contribution in [3.05, 3.63) is 71.9 Å². The van der Waals surface area contributed by atoms with Gasteiger partial charge in [0.05, 0.1) is 18.0 Å². The van der Waals surface area contributed by atoms with Crippen LogP contribution in [0.3, 0.4) is 0 Å². The first-order valence-electron chi connectivity index (χ1n) is 14.0. The van der Waals surface area contributed by atoms with Crippen LogP contribution in [-0.2, 0) is 16.1 Å². The Morgan fingerprint density at radius 2 is 1.73 bits per heavy atom. The van der Waals surface area contributed by atoms with Gasteiger partial charge >= 0.3 is 0 Å². The van der Waals surface area contributed by atoms with E-state index in [4.69, 9.17) is 4.74 Å². The number of nitrogens with zero attached hydrogens (tertiary/aromatic N) is 4. The minimum Gasteiger partial charge on any atom is -0.494 e. The summed E-state index contributed by atoms with van der Waals surface area (Å²) in [5.74, 6) is 1.22. The molecule has 41 heavy (non-hydrogen) atoms. The molecule has 3 heterocycles. The van der Waals surface area contributed by atoms with E-state index in [1.807, 2.05) is 65.7 Å². The number of thiophene rings is 1. The molecule has 9 nitrogen and oxygen atoms in total. The summed E-state index contributed by atoms with van der Waals surface area (Å²) in [4.78, 5) is 47.0. The molecule has 0 unspecified atom stereocenters. The van der Waals surface area contributed by atoms with Crippen molar-refractivity contribution in [2.24, 2.45) is 0 Å². The van der Waals surface area contributed by atoms with Gasteiger partial charge in [-0.1, -0.05) is 30.3 Å². The van der Waals surface area contributed by atoms with Gasteiger partial charge in [-0.05, 0) is 48.9 Å². The molecule has 1 aliphatic rings. The van der Waals surface area contributed by atoms with Gasteiger partial charge in [0.15, 0.2) is 0 Å². The summed E-state index contributed by atoms with van der Waals surface area (Å²) >= 11 is 1.52. The third-order valence-electron chi connectivity index (χ3n) is 7.13. The van der Waals surface area contributed by atoms with Gasteiger partial charge in [-0.2, -0.15) is 0 Å². The lowest BCUT2D eigenvalue weighted by Crippen LogP contribution is -2.41. The van der Waals surface area contributed by atoms with Crippen molar-refractivity contribution in [3.8, 4) is 17.1 Å². The second-order valence-corrected chi connectivity index (χ2v) is 11.2. The van der Waals surface area contributed by atoms with Gasteiger partial charge in [-0.15, -0.1) is 11.3 Å². The molecular formula is C31H35N5O4S. The molecule has 2 aromatic heterocycles. The van der Waals surface area contributed by atoms with Gasteiger partial charge in [-0.25, -0.2) is 4.98 Å². The number of benzene rings is 2. The number of rotatable bonds is 3. The summed E-state index contributed by atoms with van der Waals surface area (Å²) in [5.41, 5.74) is 0.936. The van der Waals surface area contributed by atoms with Crippen molar-refractivity contribution in [1.82, 2.24) is 24.7 Å². The largest absolute Gasteiger partial charge is 0.494 e. The van der Waals surface area contributed by atoms with E-state index in [9.17, 15) is 14.4 Å². The van der Waals surface area contributed by atoms with E-state index in [1.165, 1.54) is 18.3 Å². The average Bonchev–Trinajstić information content (AvgIpc) is 3.63. The molecule has 4 aromatic rings. The molecule has 10 heteroatoms. The minimum absolute atomic E-state index is 0.0137.